The van der Waals surface area contributed by atoms with Gasteiger partial charge in [0.15, 0.2) is 5.96 Å². The zero-order valence-electron chi connectivity index (χ0n) is 13.2. The molecule has 0 saturated carbocycles. The molecule has 0 aliphatic heterocycles. The van der Waals surface area contributed by atoms with E-state index in [-0.39, 0.29) is 24.0 Å². The summed E-state index contributed by atoms with van der Waals surface area (Å²) < 4.78 is 5.20. The Hall–Kier alpha value is -1.83. The molecule has 0 amide bonds. The molecular formula is C17H23IN4O. The topological polar surface area (TPSA) is 72.5 Å². The number of hydrogen-bond donors (Lipinski definition) is 2. The van der Waals surface area contributed by atoms with Crippen LogP contribution in [0.1, 0.15) is 11.3 Å². The van der Waals surface area contributed by atoms with Crippen molar-refractivity contribution >= 4 is 29.9 Å². The van der Waals surface area contributed by atoms with Crippen molar-refractivity contribution in [2.45, 2.75) is 12.8 Å². The summed E-state index contributed by atoms with van der Waals surface area (Å²) in [5.74, 6) is 1.34. The Bertz CT molecular complexity index is 605. The maximum absolute atomic E-state index is 5.85. The van der Waals surface area contributed by atoms with Crippen molar-refractivity contribution in [1.82, 2.24) is 10.3 Å². The molecule has 0 saturated heterocycles. The third kappa shape index (κ3) is 7.32. The van der Waals surface area contributed by atoms with Gasteiger partial charge in [-0.25, -0.2) is 0 Å². The van der Waals surface area contributed by atoms with Gasteiger partial charge in [-0.15, -0.1) is 24.0 Å². The molecule has 1 aromatic carbocycles. The van der Waals surface area contributed by atoms with Gasteiger partial charge in [-0.1, -0.05) is 18.2 Å². The summed E-state index contributed by atoms with van der Waals surface area (Å²) in [7, 11) is 1.67. The van der Waals surface area contributed by atoms with E-state index in [4.69, 9.17) is 10.5 Å². The van der Waals surface area contributed by atoms with E-state index in [0.29, 0.717) is 12.5 Å². The van der Waals surface area contributed by atoms with Crippen LogP contribution in [0.2, 0.25) is 0 Å². The van der Waals surface area contributed by atoms with Crippen molar-refractivity contribution in [3.63, 3.8) is 0 Å². The summed E-state index contributed by atoms with van der Waals surface area (Å²) in [4.78, 5) is 8.55. The summed E-state index contributed by atoms with van der Waals surface area (Å²) in [5.41, 5.74) is 8.08. The second kappa shape index (κ2) is 10.8. The van der Waals surface area contributed by atoms with E-state index < -0.39 is 0 Å². The average molecular weight is 426 g/mol. The highest BCUT2D eigenvalue weighted by Gasteiger charge is 1.97. The van der Waals surface area contributed by atoms with E-state index in [1.807, 2.05) is 36.4 Å². The van der Waals surface area contributed by atoms with Crippen LogP contribution in [0.5, 0.6) is 5.75 Å². The van der Waals surface area contributed by atoms with Gasteiger partial charge < -0.3 is 15.8 Å². The lowest BCUT2D eigenvalue weighted by atomic mass is 10.1. The number of halogens is 1. The van der Waals surface area contributed by atoms with Gasteiger partial charge in [0.25, 0.3) is 0 Å². The quantitative estimate of drug-likeness (QED) is 0.405. The number of benzene rings is 1. The molecule has 1 heterocycles. The van der Waals surface area contributed by atoms with Crippen LogP contribution in [0.25, 0.3) is 0 Å². The van der Waals surface area contributed by atoms with Gasteiger partial charge in [-0.2, -0.15) is 0 Å². The first-order valence-electron chi connectivity index (χ1n) is 7.34. The summed E-state index contributed by atoms with van der Waals surface area (Å²) in [6.07, 6.45) is 3.45. The van der Waals surface area contributed by atoms with Crippen molar-refractivity contribution in [3.05, 3.63) is 59.9 Å². The smallest absolute Gasteiger partial charge is 0.188 e. The largest absolute Gasteiger partial charge is 0.497 e. The van der Waals surface area contributed by atoms with E-state index in [9.17, 15) is 0 Å². The van der Waals surface area contributed by atoms with E-state index in [2.05, 4.69) is 21.4 Å². The minimum Gasteiger partial charge on any atom is -0.497 e. The Labute approximate surface area is 154 Å². The lowest BCUT2D eigenvalue weighted by Gasteiger charge is -2.07. The predicted octanol–water partition coefficient (Wildman–Crippen LogP) is 2.40. The molecule has 124 valence electrons. The highest BCUT2D eigenvalue weighted by atomic mass is 127. The van der Waals surface area contributed by atoms with Crippen LogP contribution < -0.4 is 15.8 Å². The SMILES string of the molecule is COc1cccc(CCNC(N)=NCCc2ccccn2)c1.I. The van der Waals surface area contributed by atoms with Gasteiger partial charge in [0, 0.05) is 31.4 Å². The first-order chi connectivity index (χ1) is 10.8. The molecular weight excluding hydrogens is 403 g/mol. The van der Waals surface area contributed by atoms with Crippen molar-refractivity contribution in [3.8, 4) is 5.75 Å². The van der Waals surface area contributed by atoms with E-state index >= 15 is 0 Å². The number of nitrogens with one attached hydrogen (secondary N) is 1. The number of hydrogen-bond acceptors (Lipinski definition) is 3. The molecule has 0 spiro atoms. The average Bonchev–Trinajstić information content (AvgIpc) is 2.56. The minimum absolute atomic E-state index is 0. The second-order valence-corrected chi connectivity index (χ2v) is 4.87. The van der Waals surface area contributed by atoms with Crippen molar-refractivity contribution in [2.24, 2.45) is 10.7 Å². The number of rotatable bonds is 7. The Morgan fingerprint density at radius 3 is 2.83 bits per heavy atom. The first-order valence-corrected chi connectivity index (χ1v) is 7.34. The molecule has 0 aliphatic rings. The fourth-order valence-corrected chi connectivity index (χ4v) is 2.06. The van der Waals surface area contributed by atoms with Crippen molar-refractivity contribution in [2.75, 3.05) is 20.2 Å². The number of aromatic nitrogens is 1. The van der Waals surface area contributed by atoms with Crippen molar-refractivity contribution < 1.29 is 4.74 Å². The van der Waals surface area contributed by atoms with E-state index in [1.54, 1.807) is 13.3 Å². The van der Waals surface area contributed by atoms with Gasteiger partial charge in [-0.05, 0) is 36.2 Å². The summed E-state index contributed by atoms with van der Waals surface area (Å²) in [5, 5.41) is 3.12. The Morgan fingerprint density at radius 2 is 2.09 bits per heavy atom. The molecule has 0 radical (unpaired) electrons. The molecule has 0 atom stereocenters. The summed E-state index contributed by atoms with van der Waals surface area (Å²) >= 11 is 0. The van der Waals surface area contributed by atoms with Crippen LogP contribution in [0.3, 0.4) is 0 Å². The normalized spacial score (nSPS) is 10.7. The van der Waals surface area contributed by atoms with Crippen LogP contribution in [0, 0.1) is 0 Å². The standard InChI is InChI=1S/C17H22N4O.HI/c1-22-16-7-4-5-14(13-16)8-11-20-17(18)21-12-9-15-6-2-3-10-19-15;/h2-7,10,13H,8-9,11-12H2,1H3,(H3,18,20,21);1H. The van der Waals surface area contributed by atoms with Gasteiger partial charge >= 0.3 is 0 Å². The molecule has 0 aliphatic carbocycles. The number of guanidine groups is 1. The number of nitrogens with two attached hydrogens (primary N) is 1. The van der Waals surface area contributed by atoms with Crippen LogP contribution in [0.15, 0.2) is 53.7 Å². The van der Waals surface area contributed by atoms with Gasteiger partial charge in [0.1, 0.15) is 5.75 Å². The van der Waals surface area contributed by atoms with Crippen molar-refractivity contribution in [1.29, 1.82) is 0 Å². The molecule has 5 nitrogen and oxygen atoms in total. The summed E-state index contributed by atoms with van der Waals surface area (Å²) in [6, 6.07) is 13.9. The number of aliphatic imine (C=N–C) groups is 1. The molecule has 23 heavy (non-hydrogen) atoms. The monoisotopic (exact) mass is 426 g/mol. The van der Waals surface area contributed by atoms with Gasteiger partial charge in [0.05, 0.1) is 7.11 Å². The third-order valence-corrected chi connectivity index (χ3v) is 3.23. The predicted molar refractivity (Wildman–Crippen MR) is 105 cm³/mol. The van der Waals surface area contributed by atoms with Crippen LogP contribution in [-0.4, -0.2) is 31.1 Å². The molecule has 2 aromatic rings. The second-order valence-electron chi connectivity index (χ2n) is 4.87. The van der Waals surface area contributed by atoms with Crippen LogP contribution in [0.4, 0.5) is 0 Å². The highest BCUT2D eigenvalue weighted by Crippen LogP contribution is 2.12. The Morgan fingerprint density at radius 1 is 1.22 bits per heavy atom. The van der Waals surface area contributed by atoms with E-state index in [0.717, 1.165) is 30.8 Å². The van der Waals surface area contributed by atoms with E-state index in [1.165, 1.54) is 5.56 Å². The first kappa shape index (κ1) is 19.2. The zero-order chi connectivity index (χ0) is 15.6. The van der Waals surface area contributed by atoms with Crippen LogP contribution >= 0.6 is 24.0 Å². The molecule has 1 aromatic heterocycles. The molecule has 6 heteroatoms. The molecule has 0 fully saturated rings. The van der Waals surface area contributed by atoms with Gasteiger partial charge in [-0.3, -0.25) is 9.98 Å². The number of ether oxygens (including phenoxy) is 1. The molecule has 3 N–H and O–H groups in total. The minimum atomic E-state index is 0. The lowest BCUT2D eigenvalue weighted by Crippen LogP contribution is -2.33. The fourth-order valence-electron chi connectivity index (χ4n) is 2.06. The Balaban J connectivity index is 0.00000264. The Kier molecular flexibility index (Phi) is 9.04. The number of nitrogens with zero attached hydrogens (tertiary/aromatic N) is 2. The summed E-state index contributed by atoms with van der Waals surface area (Å²) in [6.45, 7) is 1.38. The lowest BCUT2D eigenvalue weighted by molar-refractivity contribution is 0.414. The number of pyridine rings is 1. The fraction of sp³-hybridized carbons (Fsp3) is 0.294. The molecule has 0 bridgehead atoms. The van der Waals surface area contributed by atoms with Gasteiger partial charge in [0.2, 0.25) is 0 Å². The maximum atomic E-state index is 5.85. The molecule has 0 unspecified atom stereocenters. The maximum Gasteiger partial charge on any atom is 0.188 e. The zero-order valence-corrected chi connectivity index (χ0v) is 15.6. The third-order valence-electron chi connectivity index (χ3n) is 3.23. The highest BCUT2D eigenvalue weighted by molar-refractivity contribution is 14.0. The molecule has 2 rings (SSSR count). The number of methoxy groups -OCH3 is 1. The van der Waals surface area contributed by atoms with Crippen LogP contribution in [-0.2, 0) is 12.8 Å².